The van der Waals surface area contributed by atoms with Gasteiger partial charge in [-0.25, -0.2) is 0 Å². The van der Waals surface area contributed by atoms with E-state index in [1.807, 2.05) is 51.1 Å². The van der Waals surface area contributed by atoms with Crippen LogP contribution in [0.1, 0.15) is 53.9 Å². The molecule has 2 aliphatic rings. The van der Waals surface area contributed by atoms with Gasteiger partial charge in [0.2, 0.25) is 5.76 Å². The first-order chi connectivity index (χ1) is 15.0. The molecule has 1 atom stereocenters. The summed E-state index contributed by atoms with van der Waals surface area (Å²) >= 11 is 0. The third-order valence-electron chi connectivity index (χ3n) is 6.44. The first kappa shape index (κ1) is 19.5. The minimum atomic E-state index is -1.48. The van der Waals surface area contributed by atoms with E-state index < -0.39 is 11.4 Å². The largest absolute Gasteiger partial charge is 0.450 e. The molecule has 0 N–H and O–H groups in total. The van der Waals surface area contributed by atoms with E-state index in [1.54, 1.807) is 21.9 Å². The van der Waals surface area contributed by atoms with E-state index in [2.05, 4.69) is 0 Å². The SMILES string of the molecule is CCCCN1C(=O)c2oc3ccc(C)cc3c(=O)c2C12C(=O)N(CC)c1ccccc12. The summed E-state index contributed by atoms with van der Waals surface area (Å²) in [4.78, 5) is 44.7. The summed E-state index contributed by atoms with van der Waals surface area (Å²) in [6.07, 6.45) is 1.57. The summed E-state index contributed by atoms with van der Waals surface area (Å²) in [5.41, 5.74) is 1.04. The fourth-order valence-electron chi connectivity index (χ4n) is 5.03. The van der Waals surface area contributed by atoms with Crippen molar-refractivity contribution in [3.8, 4) is 0 Å². The van der Waals surface area contributed by atoms with Crippen molar-refractivity contribution >= 4 is 28.5 Å². The molecular formula is C25H24N2O4. The zero-order valence-electron chi connectivity index (χ0n) is 17.9. The van der Waals surface area contributed by atoms with E-state index >= 15 is 0 Å². The van der Waals surface area contributed by atoms with Crippen molar-refractivity contribution in [2.75, 3.05) is 18.0 Å². The standard InChI is InChI=1S/C25H24N2O4/c1-4-6-13-27-23(29)22-20(21(28)16-14-15(3)11-12-19(16)31-22)25(27)17-9-7-8-10-18(17)26(5-2)24(25)30/h7-12,14H,4-6,13H2,1-3H3. The Morgan fingerprint density at radius 1 is 1.03 bits per heavy atom. The van der Waals surface area contributed by atoms with Crippen molar-refractivity contribution in [2.24, 2.45) is 0 Å². The highest BCUT2D eigenvalue weighted by atomic mass is 16.3. The Hall–Kier alpha value is -3.41. The molecule has 1 spiro atoms. The normalized spacial score (nSPS) is 19.6. The number of amides is 2. The number of carbonyl (C=O) groups is 2. The number of anilines is 1. The molecule has 0 saturated carbocycles. The first-order valence-corrected chi connectivity index (χ1v) is 10.8. The van der Waals surface area contributed by atoms with Crippen molar-refractivity contribution in [1.82, 2.24) is 4.90 Å². The van der Waals surface area contributed by atoms with Crippen molar-refractivity contribution < 1.29 is 14.0 Å². The molecule has 1 unspecified atom stereocenters. The summed E-state index contributed by atoms with van der Waals surface area (Å²) in [6.45, 7) is 6.64. The highest BCUT2D eigenvalue weighted by Gasteiger charge is 2.64. The average Bonchev–Trinajstić information content (AvgIpc) is 3.17. The first-order valence-electron chi connectivity index (χ1n) is 10.8. The molecule has 31 heavy (non-hydrogen) atoms. The molecule has 6 heteroatoms. The zero-order valence-corrected chi connectivity index (χ0v) is 17.9. The minimum absolute atomic E-state index is 0.0152. The number of likely N-dealkylation sites (N-methyl/N-ethyl adjacent to an activating group) is 1. The number of para-hydroxylation sites is 1. The molecule has 0 bridgehead atoms. The van der Waals surface area contributed by atoms with E-state index in [-0.39, 0.29) is 22.7 Å². The number of benzene rings is 2. The Morgan fingerprint density at radius 2 is 1.81 bits per heavy atom. The van der Waals surface area contributed by atoms with Gasteiger partial charge in [-0.3, -0.25) is 14.4 Å². The second-order valence-corrected chi connectivity index (χ2v) is 8.22. The second kappa shape index (κ2) is 6.80. The zero-order chi connectivity index (χ0) is 21.9. The van der Waals surface area contributed by atoms with Crippen molar-refractivity contribution in [2.45, 2.75) is 39.2 Å². The fraction of sp³-hybridized carbons (Fsp3) is 0.320. The lowest BCUT2D eigenvalue weighted by Gasteiger charge is -2.34. The maximum absolute atomic E-state index is 14.0. The number of carbonyl (C=O) groups excluding carboxylic acids is 2. The third-order valence-corrected chi connectivity index (χ3v) is 6.44. The number of rotatable bonds is 4. The second-order valence-electron chi connectivity index (χ2n) is 8.22. The molecule has 3 heterocycles. The Balaban J connectivity index is 1.92. The van der Waals surface area contributed by atoms with Crippen molar-refractivity contribution in [3.05, 3.63) is 75.1 Å². The highest BCUT2D eigenvalue weighted by molar-refractivity contribution is 6.17. The molecule has 158 valence electrons. The van der Waals surface area contributed by atoms with Gasteiger partial charge in [-0.1, -0.05) is 43.2 Å². The van der Waals surface area contributed by atoms with E-state index in [4.69, 9.17) is 4.42 Å². The fourth-order valence-corrected chi connectivity index (χ4v) is 5.03. The smallest absolute Gasteiger partial charge is 0.291 e. The van der Waals surface area contributed by atoms with Crippen LogP contribution in [0.5, 0.6) is 0 Å². The van der Waals surface area contributed by atoms with Gasteiger partial charge in [0.1, 0.15) is 5.58 Å². The number of unbranched alkanes of at least 4 members (excludes halogenated alkanes) is 1. The van der Waals surface area contributed by atoms with Gasteiger partial charge in [0.25, 0.3) is 11.8 Å². The lowest BCUT2D eigenvalue weighted by atomic mass is 9.83. The van der Waals surface area contributed by atoms with Crippen LogP contribution in [0.15, 0.2) is 51.7 Å². The van der Waals surface area contributed by atoms with Crippen LogP contribution in [-0.2, 0) is 10.3 Å². The Labute approximate surface area is 180 Å². The van der Waals surface area contributed by atoms with E-state index in [0.29, 0.717) is 29.6 Å². The van der Waals surface area contributed by atoms with Crippen LogP contribution in [-0.4, -0.2) is 29.8 Å². The van der Waals surface area contributed by atoms with Crippen LogP contribution in [0.3, 0.4) is 0 Å². The summed E-state index contributed by atoms with van der Waals surface area (Å²) in [7, 11) is 0. The molecule has 0 aliphatic carbocycles. The molecule has 0 radical (unpaired) electrons. The van der Waals surface area contributed by atoms with Gasteiger partial charge in [0, 0.05) is 18.7 Å². The summed E-state index contributed by atoms with van der Waals surface area (Å²) in [6, 6.07) is 12.8. The van der Waals surface area contributed by atoms with E-state index in [1.165, 1.54) is 0 Å². The molecule has 6 nitrogen and oxygen atoms in total. The Bertz CT molecular complexity index is 1310. The maximum Gasteiger partial charge on any atom is 0.291 e. The monoisotopic (exact) mass is 416 g/mol. The predicted octanol–water partition coefficient (Wildman–Crippen LogP) is 3.97. The number of hydrogen-bond donors (Lipinski definition) is 0. The van der Waals surface area contributed by atoms with Crippen LogP contribution in [0.4, 0.5) is 5.69 Å². The van der Waals surface area contributed by atoms with Gasteiger partial charge < -0.3 is 14.2 Å². The summed E-state index contributed by atoms with van der Waals surface area (Å²) in [5.74, 6) is -0.679. The molecule has 2 amide bonds. The highest BCUT2D eigenvalue weighted by Crippen LogP contribution is 2.52. The molecule has 0 saturated heterocycles. The van der Waals surface area contributed by atoms with Crippen LogP contribution >= 0.6 is 0 Å². The molecule has 2 aromatic carbocycles. The molecular weight excluding hydrogens is 392 g/mol. The predicted molar refractivity (Wildman–Crippen MR) is 118 cm³/mol. The van der Waals surface area contributed by atoms with Gasteiger partial charge in [-0.15, -0.1) is 0 Å². The number of hydrogen-bond acceptors (Lipinski definition) is 4. The van der Waals surface area contributed by atoms with Crippen molar-refractivity contribution in [1.29, 1.82) is 0 Å². The van der Waals surface area contributed by atoms with Gasteiger partial charge in [0.05, 0.1) is 16.6 Å². The van der Waals surface area contributed by atoms with Gasteiger partial charge in [-0.2, -0.15) is 0 Å². The Kier molecular flexibility index (Phi) is 4.29. The average molecular weight is 416 g/mol. The molecule has 5 rings (SSSR count). The van der Waals surface area contributed by atoms with Crippen LogP contribution in [0.25, 0.3) is 11.0 Å². The quantitative estimate of drug-likeness (QED) is 0.645. The van der Waals surface area contributed by atoms with Gasteiger partial charge in [-0.05, 0) is 38.5 Å². The van der Waals surface area contributed by atoms with E-state index in [0.717, 1.165) is 24.1 Å². The topological polar surface area (TPSA) is 70.8 Å². The Morgan fingerprint density at radius 3 is 2.55 bits per heavy atom. The lowest BCUT2D eigenvalue weighted by molar-refractivity contribution is -0.126. The number of fused-ring (bicyclic) bond motifs is 5. The van der Waals surface area contributed by atoms with Crippen molar-refractivity contribution in [3.63, 3.8) is 0 Å². The van der Waals surface area contributed by atoms with Gasteiger partial charge in [0.15, 0.2) is 11.0 Å². The lowest BCUT2D eigenvalue weighted by Crippen LogP contribution is -2.53. The summed E-state index contributed by atoms with van der Waals surface area (Å²) in [5, 5.41) is 0.392. The van der Waals surface area contributed by atoms with E-state index in [9.17, 15) is 14.4 Å². The molecule has 2 aliphatic heterocycles. The van der Waals surface area contributed by atoms with Crippen LogP contribution < -0.4 is 10.3 Å². The number of nitrogens with zero attached hydrogens (tertiary/aromatic N) is 2. The third kappa shape index (κ3) is 2.36. The van der Waals surface area contributed by atoms with Gasteiger partial charge >= 0.3 is 0 Å². The maximum atomic E-state index is 14.0. The number of aryl methyl sites for hydroxylation is 1. The van der Waals surface area contributed by atoms with Crippen LogP contribution in [0, 0.1) is 6.92 Å². The summed E-state index contributed by atoms with van der Waals surface area (Å²) < 4.78 is 6.02. The van der Waals surface area contributed by atoms with Crippen LogP contribution in [0.2, 0.25) is 0 Å². The molecule has 0 fully saturated rings. The molecule has 3 aromatic rings. The molecule has 1 aromatic heterocycles. The minimum Gasteiger partial charge on any atom is -0.450 e.